The van der Waals surface area contributed by atoms with E-state index in [9.17, 15) is 19.7 Å². The molecule has 1 aliphatic rings. The summed E-state index contributed by atoms with van der Waals surface area (Å²) in [7, 11) is 0. The van der Waals surface area contributed by atoms with E-state index in [2.05, 4.69) is 4.99 Å². The quantitative estimate of drug-likeness (QED) is 0.293. The highest BCUT2D eigenvalue weighted by Gasteiger charge is 2.28. The van der Waals surface area contributed by atoms with Crippen molar-refractivity contribution < 1.29 is 19.2 Å². The van der Waals surface area contributed by atoms with Crippen LogP contribution in [0.5, 0.6) is 0 Å². The molecule has 0 saturated carbocycles. The molecule has 0 saturated heterocycles. The normalized spacial score (nSPS) is 14.9. The Bertz CT molecular complexity index is 1270. The molecule has 2 heterocycles. The Morgan fingerprint density at radius 2 is 1.97 bits per heavy atom. The number of ether oxygens (including phenoxy) is 1. The second kappa shape index (κ2) is 6.83. The Labute approximate surface area is 164 Å². The smallest absolute Gasteiger partial charge is 0.363 e. The largest absolute Gasteiger partial charge is 0.402 e. The minimum Gasteiger partial charge on any atom is -0.402 e. The second-order valence-corrected chi connectivity index (χ2v) is 6.53. The molecule has 1 aromatic heterocycles. The lowest BCUT2D eigenvalue weighted by molar-refractivity contribution is -0.385. The molecule has 8 nitrogen and oxygen atoms in total. The molecule has 29 heavy (non-hydrogen) atoms. The number of fused-ring (bicyclic) bond motifs is 1. The molecule has 4 rings (SSSR count). The first-order chi connectivity index (χ1) is 13.9. The van der Waals surface area contributed by atoms with E-state index in [0.717, 1.165) is 10.9 Å². The number of para-hydroxylation sites is 1. The summed E-state index contributed by atoms with van der Waals surface area (Å²) in [6.45, 7) is 3.00. The zero-order valence-electron chi connectivity index (χ0n) is 15.6. The van der Waals surface area contributed by atoms with E-state index in [1.165, 1.54) is 29.7 Å². The monoisotopic (exact) mass is 389 g/mol. The van der Waals surface area contributed by atoms with E-state index in [1.807, 2.05) is 24.3 Å². The predicted molar refractivity (Wildman–Crippen MR) is 107 cm³/mol. The van der Waals surface area contributed by atoms with Gasteiger partial charge in [-0.3, -0.25) is 19.5 Å². The first-order valence-corrected chi connectivity index (χ1v) is 8.75. The zero-order valence-corrected chi connectivity index (χ0v) is 15.6. The van der Waals surface area contributed by atoms with Crippen molar-refractivity contribution in [3.63, 3.8) is 0 Å². The first kappa shape index (κ1) is 18.3. The highest BCUT2D eigenvalue weighted by atomic mass is 16.6. The van der Waals surface area contributed by atoms with Crippen molar-refractivity contribution in [2.24, 2.45) is 4.99 Å². The van der Waals surface area contributed by atoms with Crippen molar-refractivity contribution in [1.29, 1.82) is 0 Å². The molecule has 144 valence electrons. The van der Waals surface area contributed by atoms with Crippen molar-refractivity contribution in [3.8, 4) is 0 Å². The van der Waals surface area contributed by atoms with Gasteiger partial charge in [-0.2, -0.15) is 0 Å². The van der Waals surface area contributed by atoms with E-state index in [-0.39, 0.29) is 23.2 Å². The van der Waals surface area contributed by atoms with Gasteiger partial charge >= 0.3 is 5.97 Å². The summed E-state index contributed by atoms with van der Waals surface area (Å²) in [5.74, 6) is -0.901. The van der Waals surface area contributed by atoms with E-state index >= 15 is 0 Å². The average Bonchev–Trinajstić information content (AvgIpc) is 3.22. The maximum atomic E-state index is 12.4. The number of nitro groups is 1. The van der Waals surface area contributed by atoms with Crippen LogP contribution in [0.4, 0.5) is 5.69 Å². The number of nitrogens with zero attached hydrogens (tertiary/aromatic N) is 3. The minimum absolute atomic E-state index is 0.00654. The van der Waals surface area contributed by atoms with E-state index < -0.39 is 10.9 Å². The lowest BCUT2D eigenvalue weighted by Gasteiger charge is -2.04. The van der Waals surface area contributed by atoms with Gasteiger partial charge in [0.25, 0.3) is 5.69 Å². The summed E-state index contributed by atoms with van der Waals surface area (Å²) in [4.78, 5) is 39.4. The Balaban J connectivity index is 1.82. The summed E-state index contributed by atoms with van der Waals surface area (Å²) in [5.41, 5.74) is 1.85. The average molecular weight is 389 g/mol. The van der Waals surface area contributed by atoms with Gasteiger partial charge in [0.05, 0.1) is 16.1 Å². The lowest BCUT2D eigenvalue weighted by Crippen LogP contribution is -2.09. The van der Waals surface area contributed by atoms with E-state index in [1.54, 1.807) is 19.1 Å². The van der Waals surface area contributed by atoms with Crippen molar-refractivity contribution >= 4 is 40.4 Å². The molecule has 8 heteroatoms. The van der Waals surface area contributed by atoms with Gasteiger partial charge in [0.1, 0.15) is 0 Å². The van der Waals surface area contributed by atoms with Gasteiger partial charge in [-0.25, -0.2) is 9.79 Å². The van der Waals surface area contributed by atoms with Crippen LogP contribution in [0.15, 0.2) is 59.2 Å². The van der Waals surface area contributed by atoms with Crippen molar-refractivity contribution in [2.45, 2.75) is 13.8 Å². The Kier molecular flexibility index (Phi) is 4.31. The van der Waals surface area contributed by atoms with Gasteiger partial charge in [0, 0.05) is 29.5 Å². The molecule has 0 aliphatic carbocycles. The van der Waals surface area contributed by atoms with Gasteiger partial charge in [0.2, 0.25) is 11.8 Å². The van der Waals surface area contributed by atoms with Crippen molar-refractivity contribution in [3.05, 3.63) is 81.2 Å². The van der Waals surface area contributed by atoms with Crippen LogP contribution >= 0.6 is 0 Å². The number of aromatic nitrogens is 1. The molecule has 0 amide bonds. The highest BCUT2D eigenvalue weighted by Crippen LogP contribution is 2.27. The van der Waals surface area contributed by atoms with Crippen LogP contribution in [0.2, 0.25) is 0 Å². The molecule has 1 aliphatic heterocycles. The van der Waals surface area contributed by atoms with Crippen LogP contribution in [0.3, 0.4) is 0 Å². The van der Waals surface area contributed by atoms with Crippen LogP contribution in [-0.2, 0) is 9.53 Å². The van der Waals surface area contributed by atoms with Gasteiger partial charge in [0.15, 0.2) is 5.70 Å². The van der Waals surface area contributed by atoms with Crippen LogP contribution < -0.4 is 0 Å². The van der Waals surface area contributed by atoms with Gasteiger partial charge < -0.3 is 4.74 Å². The van der Waals surface area contributed by atoms with Crippen molar-refractivity contribution in [1.82, 2.24) is 4.57 Å². The summed E-state index contributed by atoms with van der Waals surface area (Å²) in [6, 6.07) is 13.6. The standard InChI is InChI=1S/C21H15N3O5/c1-12-16(7-5-9-18(12)24(27)28)20-22-17(21(26)29-20)11-15-10-14-6-3-4-8-19(14)23(15)13(2)25/h3-11H,1-2H3/b17-11-. The number of rotatable bonds is 3. The fourth-order valence-corrected chi connectivity index (χ4v) is 3.35. The van der Waals surface area contributed by atoms with E-state index in [4.69, 9.17) is 4.74 Å². The predicted octanol–water partition coefficient (Wildman–Crippen LogP) is 3.86. The molecule has 3 aromatic rings. The molecule has 0 N–H and O–H groups in total. The fraction of sp³-hybridized carbons (Fsp3) is 0.0952. The molecule has 0 spiro atoms. The summed E-state index contributed by atoms with van der Waals surface area (Å²) in [5, 5.41) is 12.0. The molecule has 0 bridgehead atoms. The van der Waals surface area contributed by atoms with E-state index in [0.29, 0.717) is 16.8 Å². The minimum atomic E-state index is -0.689. The maximum absolute atomic E-state index is 12.4. The molecule has 0 unspecified atom stereocenters. The lowest BCUT2D eigenvalue weighted by atomic mass is 10.1. The molecular weight excluding hydrogens is 374 g/mol. The van der Waals surface area contributed by atoms with Gasteiger partial charge in [-0.15, -0.1) is 0 Å². The summed E-state index contributed by atoms with van der Waals surface area (Å²) in [6.07, 6.45) is 1.48. The number of nitro benzene ring substituents is 1. The zero-order chi connectivity index (χ0) is 20.7. The number of carbonyl (C=O) groups excluding carboxylic acids is 2. The number of esters is 1. The third-order valence-electron chi connectivity index (χ3n) is 4.69. The molecular formula is C21H15N3O5. The number of aliphatic imine (C=N–C) groups is 1. The molecule has 2 aromatic carbocycles. The van der Waals surface area contributed by atoms with Crippen LogP contribution in [0.1, 0.15) is 28.5 Å². The third kappa shape index (κ3) is 3.10. The topological polar surface area (TPSA) is 104 Å². The van der Waals surface area contributed by atoms with Crippen LogP contribution in [0, 0.1) is 17.0 Å². The SMILES string of the molecule is CC(=O)n1c(/C=C2\N=C(c3cccc([N+](=O)[O-])c3C)OC2=O)cc2ccccc21. The first-order valence-electron chi connectivity index (χ1n) is 8.75. The number of cyclic esters (lactones) is 1. The Morgan fingerprint density at radius 3 is 2.69 bits per heavy atom. The number of carbonyl (C=O) groups is 2. The summed E-state index contributed by atoms with van der Waals surface area (Å²) < 4.78 is 6.74. The highest BCUT2D eigenvalue weighted by molar-refractivity contribution is 6.14. The van der Waals surface area contributed by atoms with Crippen LogP contribution in [-0.4, -0.2) is 27.3 Å². The second-order valence-electron chi connectivity index (χ2n) is 6.53. The molecule has 0 radical (unpaired) electrons. The van der Waals surface area contributed by atoms with Gasteiger partial charge in [-0.05, 0) is 31.2 Å². The van der Waals surface area contributed by atoms with Gasteiger partial charge in [-0.1, -0.05) is 24.3 Å². The molecule has 0 atom stereocenters. The Morgan fingerprint density at radius 1 is 1.21 bits per heavy atom. The van der Waals surface area contributed by atoms with Crippen LogP contribution in [0.25, 0.3) is 17.0 Å². The maximum Gasteiger partial charge on any atom is 0.363 e. The fourth-order valence-electron chi connectivity index (χ4n) is 3.35. The number of hydrogen-bond donors (Lipinski definition) is 0. The number of benzene rings is 2. The van der Waals surface area contributed by atoms with Crippen molar-refractivity contribution in [2.75, 3.05) is 0 Å². The third-order valence-corrected chi connectivity index (χ3v) is 4.69. The molecule has 0 fully saturated rings. The summed E-state index contributed by atoms with van der Waals surface area (Å²) >= 11 is 0. The number of hydrogen-bond acceptors (Lipinski definition) is 6. The Hall–Kier alpha value is -4.07.